The molecule has 13 heavy (non-hydrogen) atoms. The summed E-state index contributed by atoms with van der Waals surface area (Å²) in [5, 5.41) is 11.4. The summed E-state index contributed by atoms with van der Waals surface area (Å²) < 4.78 is 24.1. The van der Waals surface area contributed by atoms with Crippen LogP contribution in [0.3, 0.4) is 0 Å². The van der Waals surface area contributed by atoms with Gasteiger partial charge in [-0.15, -0.1) is 0 Å². The molecule has 1 aliphatic rings. The van der Waals surface area contributed by atoms with E-state index in [0.717, 1.165) is 19.4 Å². The van der Waals surface area contributed by atoms with E-state index < -0.39 is 17.6 Å². The zero-order valence-corrected chi connectivity index (χ0v) is 7.02. The molecular formula is C8H11F2NO2. The van der Waals surface area contributed by atoms with Gasteiger partial charge in [-0.25, -0.2) is 4.79 Å². The smallest absolute Gasteiger partial charge is 0.337 e. The summed E-state index contributed by atoms with van der Waals surface area (Å²) in [6, 6.07) is -0.104. The summed E-state index contributed by atoms with van der Waals surface area (Å²) >= 11 is 0. The number of carbonyl (C=O) groups is 1. The van der Waals surface area contributed by atoms with Gasteiger partial charge in [-0.05, 0) is 19.4 Å². The first-order valence-corrected chi connectivity index (χ1v) is 4.12. The van der Waals surface area contributed by atoms with Crippen molar-refractivity contribution in [2.45, 2.75) is 25.3 Å². The molecule has 0 aromatic rings. The lowest BCUT2D eigenvalue weighted by Gasteiger charge is -2.08. The molecule has 2 N–H and O–H groups in total. The first-order valence-electron chi connectivity index (χ1n) is 4.12. The summed E-state index contributed by atoms with van der Waals surface area (Å²) in [4.78, 5) is 10.4. The van der Waals surface area contributed by atoms with E-state index in [4.69, 9.17) is 5.11 Å². The van der Waals surface area contributed by atoms with E-state index in [9.17, 15) is 13.6 Å². The number of aliphatic carboxylic acids is 1. The Morgan fingerprint density at radius 2 is 2.23 bits per heavy atom. The van der Waals surface area contributed by atoms with Crippen molar-refractivity contribution >= 4 is 5.97 Å². The summed E-state index contributed by atoms with van der Waals surface area (Å²) in [5.74, 6) is -1.52. The van der Waals surface area contributed by atoms with Crippen LogP contribution in [0.25, 0.3) is 0 Å². The summed E-state index contributed by atoms with van der Waals surface area (Å²) in [7, 11) is 0. The number of rotatable bonds is 3. The largest absolute Gasteiger partial charge is 0.478 e. The molecule has 1 heterocycles. The van der Waals surface area contributed by atoms with E-state index in [1.807, 2.05) is 0 Å². The molecule has 0 saturated carbocycles. The fourth-order valence-corrected chi connectivity index (χ4v) is 1.42. The van der Waals surface area contributed by atoms with Crippen molar-refractivity contribution in [3.63, 3.8) is 0 Å². The van der Waals surface area contributed by atoms with Crippen molar-refractivity contribution in [1.29, 1.82) is 0 Å². The lowest BCUT2D eigenvalue weighted by Crippen LogP contribution is -2.23. The average molecular weight is 191 g/mol. The Bertz CT molecular complexity index is 230. The van der Waals surface area contributed by atoms with Crippen LogP contribution in [0, 0.1) is 0 Å². The molecule has 1 unspecified atom stereocenters. The minimum absolute atomic E-state index is 0.0856. The third-order valence-corrected chi connectivity index (χ3v) is 2.10. The standard InChI is InChI=1S/C8H11F2NO2/c9-7(10)6(8(12)13)4-5-2-1-3-11-5/h5,11H,1-4H2,(H,12,13). The number of hydrogen-bond acceptors (Lipinski definition) is 2. The van der Waals surface area contributed by atoms with Crippen LogP contribution in [0.15, 0.2) is 11.7 Å². The second-order valence-electron chi connectivity index (χ2n) is 3.04. The average Bonchev–Trinajstić information content (AvgIpc) is 2.50. The first-order chi connectivity index (χ1) is 6.11. The van der Waals surface area contributed by atoms with Gasteiger partial charge >= 0.3 is 5.97 Å². The van der Waals surface area contributed by atoms with E-state index in [-0.39, 0.29) is 12.5 Å². The van der Waals surface area contributed by atoms with Crippen LogP contribution in [0.2, 0.25) is 0 Å². The van der Waals surface area contributed by atoms with Gasteiger partial charge in [0, 0.05) is 12.5 Å². The van der Waals surface area contributed by atoms with E-state index in [2.05, 4.69) is 5.32 Å². The monoisotopic (exact) mass is 191 g/mol. The highest BCUT2D eigenvalue weighted by Gasteiger charge is 2.22. The van der Waals surface area contributed by atoms with Crippen LogP contribution < -0.4 is 5.32 Å². The van der Waals surface area contributed by atoms with Crippen molar-refractivity contribution in [3.8, 4) is 0 Å². The van der Waals surface area contributed by atoms with Crippen LogP contribution in [0.1, 0.15) is 19.3 Å². The first kappa shape index (κ1) is 10.1. The molecule has 0 aromatic carbocycles. The lowest BCUT2D eigenvalue weighted by atomic mass is 10.1. The molecule has 5 heteroatoms. The molecule has 0 aliphatic carbocycles. The Morgan fingerprint density at radius 1 is 1.54 bits per heavy atom. The quantitative estimate of drug-likeness (QED) is 0.662. The molecule has 1 aliphatic heterocycles. The minimum Gasteiger partial charge on any atom is -0.478 e. The number of carboxylic acids is 1. The van der Waals surface area contributed by atoms with Gasteiger partial charge in [0.15, 0.2) is 0 Å². The Labute approximate surface area is 74.4 Å². The maximum atomic E-state index is 12.1. The number of halogens is 2. The Balaban J connectivity index is 2.58. The molecular weight excluding hydrogens is 180 g/mol. The van der Waals surface area contributed by atoms with Gasteiger partial charge in [-0.2, -0.15) is 8.78 Å². The van der Waals surface area contributed by atoms with E-state index in [1.54, 1.807) is 0 Å². The van der Waals surface area contributed by atoms with Gasteiger partial charge in [0.2, 0.25) is 0 Å². The molecule has 1 saturated heterocycles. The van der Waals surface area contributed by atoms with E-state index in [0.29, 0.717) is 0 Å². The topological polar surface area (TPSA) is 49.3 Å². The number of nitrogens with one attached hydrogen (secondary N) is 1. The maximum absolute atomic E-state index is 12.1. The summed E-state index contributed by atoms with van der Waals surface area (Å²) in [6.45, 7) is 0.783. The van der Waals surface area contributed by atoms with E-state index >= 15 is 0 Å². The Hall–Kier alpha value is -0.970. The van der Waals surface area contributed by atoms with Gasteiger partial charge in [0.25, 0.3) is 6.08 Å². The van der Waals surface area contributed by atoms with Crippen LogP contribution in [0.5, 0.6) is 0 Å². The third-order valence-electron chi connectivity index (χ3n) is 2.10. The minimum atomic E-state index is -2.08. The molecule has 0 aromatic heterocycles. The van der Waals surface area contributed by atoms with Gasteiger partial charge in [-0.1, -0.05) is 0 Å². The molecule has 0 radical (unpaired) electrons. The predicted molar refractivity (Wildman–Crippen MR) is 42.5 cm³/mol. The van der Waals surface area contributed by atoms with Crippen LogP contribution in [0.4, 0.5) is 8.78 Å². The summed E-state index contributed by atoms with van der Waals surface area (Å²) in [5.41, 5.74) is -0.764. The second kappa shape index (κ2) is 4.32. The highest BCUT2D eigenvalue weighted by molar-refractivity contribution is 5.86. The normalized spacial score (nSPS) is 21.5. The second-order valence-corrected chi connectivity index (χ2v) is 3.04. The van der Waals surface area contributed by atoms with Crippen LogP contribution in [-0.2, 0) is 4.79 Å². The molecule has 0 spiro atoms. The molecule has 0 bridgehead atoms. The zero-order valence-electron chi connectivity index (χ0n) is 7.02. The van der Waals surface area contributed by atoms with Gasteiger partial charge in [0.05, 0.1) is 0 Å². The van der Waals surface area contributed by atoms with Crippen molar-refractivity contribution in [2.24, 2.45) is 0 Å². The third kappa shape index (κ3) is 2.77. The van der Waals surface area contributed by atoms with Crippen molar-refractivity contribution in [2.75, 3.05) is 6.54 Å². The maximum Gasteiger partial charge on any atom is 0.337 e. The highest BCUT2D eigenvalue weighted by atomic mass is 19.3. The zero-order chi connectivity index (χ0) is 9.84. The molecule has 74 valence electrons. The SMILES string of the molecule is O=C(O)C(CC1CCCN1)=C(F)F. The van der Waals surface area contributed by atoms with Crippen molar-refractivity contribution in [1.82, 2.24) is 5.32 Å². The van der Waals surface area contributed by atoms with Gasteiger partial charge < -0.3 is 10.4 Å². The van der Waals surface area contributed by atoms with Gasteiger partial charge in [0.1, 0.15) is 5.57 Å². The molecule has 3 nitrogen and oxygen atoms in total. The molecule has 1 fully saturated rings. The van der Waals surface area contributed by atoms with Crippen molar-refractivity contribution < 1.29 is 18.7 Å². The predicted octanol–water partition coefficient (Wildman–Crippen LogP) is 1.36. The highest BCUT2D eigenvalue weighted by Crippen LogP contribution is 2.19. The van der Waals surface area contributed by atoms with Crippen LogP contribution >= 0.6 is 0 Å². The van der Waals surface area contributed by atoms with Crippen LogP contribution in [-0.4, -0.2) is 23.7 Å². The fourth-order valence-electron chi connectivity index (χ4n) is 1.42. The molecule has 1 atom stereocenters. The molecule has 0 amide bonds. The molecule has 1 rings (SSSR count). The Morgan fingerprint density at radius 3 is 2.62 bits per heavy atom. The van der Waals surface area contributed by atoms with E-state index in [1.165, 1.54) is 0 Å². The van der Waals surface area contributed by atoms with Gasteiger partial charge in [-0.3, -0.25) is 0 Å². The Kier molecular flexibility index (Phi) is 3.36. The number of carboxylic acid groups (broad SMARTS) is 1. The fraction of sp³-hybridized carbons (Fsp3) is 0.625. The van der Waals surface area contributed by atoms with Crippen molar-refractivity contribution in [3.05, 3.63) is 11.7 Å². The lowest BCUT2D eigenvalue weighted by molar-refractivity contribution is -0.133. The summed E-state index contributed by atoms with van der Waals surface area (Å²) in [6.07, 6.45) is -0.478. The number of hydrogen-bond donors (Lipinski definition) is 2.